The number of carbonyl (C=O) groups excluding carboxylic acids is 1. The van der Waals surface area contributed by atoms with E-state index >= 15 is 0 Å². The fourth-order valence-corrected chi connectivity index (χ4v) is 3.40. The van der Waals surface area contributed by atoms with Gasteiger partial charge < -0.3 is 4.90 Å². The summed E-state index contributed by atoms with van der Waals surface area (Å²) in [7, 11) is 0. The summed E-state index contributed by atoms with van der Waals surface area (Å²) < 4.78 is 0. The minimum Gasteiger partial charge on any atom is -0.341 e. The van der Waals surface area contributed by atoms with Gasteiger partial charge >= 0.3 is 0 Å². The highest BCUT2D eigenvalue weighted by molar-refractivity contribution is 9.09. The summed E-state index contributed by atoms with van der Waals surface area (Å²) in [6.07, 6.45) is 2.28. The number of thioether (sulfide) groups is 1. The van der Waals surface area contributed by atoms with Crippen LogP contribution in [0.25, 0.3) is 0 Å². The maximum Gasteiger partial charge on any atom is 0.232 e. The zero-order valence-electron chi connectivity index (χ0n) is 9.64. The first-order chi connectivity index (χ1) is 8.25. The van der Waals surface area contributed by atoms with Crippen molar-refractivity contribution in [1.29, 1.82) is 0 Å². The second kappa shape index (κ2) is 6.45. The molecule has 1 aromatic rings. The maximum atomic E-state index is 12.0. The van der Waals surface area contributed by atoms with Crippen LogP contribution in [0.1, 0.15) is 12.8 Å². The predicted octanol–water partition coefficient (Wildman–Crippen LogP) is 3.16. The molecule has 0 radical (unpaired) electrons. The number of carbonyl (C=O) groups is 1. The van der Waals surface area contributed by atoms with Crippen LogP contribution < -0.4 is 0 Å². The Labute approximate surface area is 115 Å². The van der Waals surface area contributed by atoms with Gasteiger partial charge in [-0.15, -0.1) is 11.8 Å². The summed E-state index contributed by atoms with van der Waals surface area (Å²) in [4.78, 5) is 15.6. The molecular weight excluding hydrogens is 298 g/mol. The van der Waals surface area contributed by atoms with Crippen LogP contribution in [-0.4, -0.2) is 34.5 Å². The summed E-state index contributed by atoms with van der Waals surface area (Å²) in [6, 6.07) is 10.1. The first-order valence-corrected chi connectivity index (χ1v) is 7.75. The van der Waals surface area contributed by atoms with Gasteiger partial charge in [0.1, 0.15) is 0 Å². The molecule has 1 fully saturated rings. The van der Waals surface area contributed by atoms with E-state index in [0.717, 1.165) is 24.4 Å². The summed E-state index contributed by atoms with van der Waals surface area (Å²) in [5.74, 6) is 0.798. The van der Waals surface area contributed by atoms with Crippen LogP contribution in [0, 0.1) is 0 Å². The van der Waals surface area contributed by atoms with Crippen LogP contribution in [0.15, 0.2) is 35.2 Å². The van der Waals surface area contributed by atoms with Crippen molar-refractivity contribution in [3.63, 3.8) is 0 Å². The van der Waals surface area contributed by atoms with Gasteiger partial charge in [-0.3, -0.25) is 4.79 Å². The molecule has 92 valence electrons. The van der Waals surface area contributed by atoms with Crippen LogP contribution in [0.3, 0.4) is 0 Å². The lowest BCUT2D eigenvalue weighted by Gasteiger charge is -2.29. The number of hydrogen-bond donors (Lipinski definition) is 0. The number of rotatable bonds is 3. The Kier molecular flexibility index (Phi) is 4.92. The molecule has 17 heavy (non-hydrogen) atoms. The quantitative estimate of drug-likeness (QED) is 0.631. The molecule has 0 saturated carbocycles. The van der Waals surface area contributed by atoms with Crippen molar-refractivity contribution in [3.05, 3.63) is 30.3 Å². The third kappa shape index (κ3) is 4.03. The fraction of sp³-hybridized carbons (Fsp3) is 0.462. The topological polar surface area (TPSA) is 20.3 Å². The molecule has 0 N–H and O–H groups in total. The Morgan fingerprint density at radius 2 is 2.18 bits per heavy atom. The predicted molar refractivity (Wildman–Crippen MR) is 75.7 cm³/mol. The smallest absolute Gasteiger partial charge is 0.232 e. The Hall–Kier alpha value is -0.480. The Morgan fingerprint density at radius 3 is 2.88 bits per heavy atom. The van der Waals surface area contributed by atoms with Crippen molar-refractivity contribution in [1.82, 2.24) is 4.90 Å². The number of halogens is 1. The van der Waals surface area contributed by atoms with E-state index in [4.69, 9.17) is 0 Å². The molecule has 1 saturated heterocycles. The number of benzene rings is 1. The van der Waals surface area contributed by atoms with Crippen molar-refractivity contribution in [3.8, 4) is 0 Å². The van der Waals surface area contributed by atoms with Gasteiger partial charge in [0, 0.05) is 22.8 Å². The van der Waals surface area contributed by atoms with E-state index in [2.05, 4.69) is 15.9 Å². The zero-order valence-corrected chi connectivity index (χ0v) is 12.0. The molecule has 1 aliphatic heterocycles. The van der Waals surface area contributed by atoms with E-state index in [-0.39, 0.29) is 5.91 Å². The SMILES string of the molecule is O=C(CSc1ccccc1)N1CCCC(Br)C1. The second-order valence-electron chi connectivity index (χ2n) is 4.18. The zero-order chi connectivity index (χ0) is 12.1. The summed E-state index contributed by atoms with van der Waals surface area (Å²) in [5.41, 5.74) is 0. The van der Waals surface area contributed by atoms with Gasteiger partial charge in [-0.25, -0.2) is 0 Å². The number of nitrogens with zero attached hydrogens (tertiary/aromatic N) is 1. The molecule has 1 aromatic carbocycles. The summed E-state index contributed by atoms with van der Waals surface area (Å²) >= 11 is 5.21. The van der Waals surface area contributed by atoms with Gasteiger partial charge in [-0.05, 0) is 25.0 Å². The number of piperidine rings is 1. The highest BCUT2D eigenvalue weighted by atomic mass is 79.9. The van der Waals surface area contributed by atoms with Gasteiger partial charge in [0.05, 0.1) is 5.75 Å². The third-order valence-corrected chi connectivity index (χ3v) is 4.57. The summed E-state index contributed by atoms with van der Waals surface area (Å²) in [5, 5.41) is 0. The molecule has 2 rings (SSSR count). The molecule has 0 aromatic heterocycles. The Bertz CT molecular complexity index is 371. The number of likely N-dealkylation sites (tertiary alicyclic amines) is 1. The van der Waals surface area contributed by atoms with E-state index in [1.54, 1.807) is 11.8 Å². The van der Waals surface area contributed by atoms with Gasteiger partial charge in [0.15, 0.2) is 0 Å². The molecule has 1 unspecified atom stereocenters. The molecule has 0 aliphatic carbocycles. The van der Waals surface area contributed by atoms with Crippen molar-refractivity contribution < 1.29 is 4.79 Å². The highest BCUT2D eigenvalue weighted by Crippen LogP contribution is 2.20. The number of hydrogen-bond acceptors (Lipinski definition) is 2. The maximum absolute atomic E-state index is 12.0. The molecular formula is C13H16BrNOS. The van der Waals surface area contributed by atoms with Crippen molar-refractivity contribution >= 4 is 33.6 Å². The average Bonchev–Trinajstić information content (AvgIpc) is 2.37. The van der Waals surface area contributed by atoms with Crippen LogP contribution in [0.5, 0.6) is 0 Å². The van der Waals surface area contributed by atoms with E-state index < -0.39 is 0 Å². The molecule has 2 nitrogen and oxygen atoms in total. The first-order valence-electron chi connectivity index (χ1n) is 5.85. The van der Waals surface area contributed by atoms with Gasteiger partial charge in [0.2, 0.25) is 5.91 Å². The normalized spacial score (nSPS) is 20.3. The average molecular weight is 314 g/mol. The summed E-state index contributed by atoms with van der Waals surface area (Å²) in [6.45, 7) is 1.77. The van der Waals surface area contributed by atoms with Gasteiger partial charge in [-0.1, -0.05) is 34.1 Å². The van der Waals surface area contributed by atoms with Crippen molar-refractivity contribution in [2.24, 2.45) is 0 Å². The molecule has 1 atom stereocenters. The van der Waals surface area contributed by atoms with Crippen molar-refractivity contribution in [2.75, 3.05) is 18.8 Å². The molecule has 4 heteroatoms. The number of amides is 1. The van der Waals surface area contributed by atoms with Crippen molar-refractivity contribution in [2.45, 2.75) is 22.6 Å². The monoisotopic (exact) mass is 313 g/mol. The molecule has 0 bridgehead atoms. The lowest BCUT2D eigenvalue weighted by Crippen LogP contribution is -2.41. The van der Waals surface area contributed by atoms with Crippen LogP contribution in [0.4, 0.5) is 0 Å². The van der Waals surface area contributed by atoms with Gasteiger partial charge in [0.25, 0.3) is 0 Å². The van der Waals surface area contributed by atoms with E-state index in [0.29, 0.717) is 10.6 Å². The van der Waals surface area contributed by atoms with Crippen LogP contribution >= 0.6 is 27.7 Å². The van der Waals surface area contributed by atoms with Crippen LogP contribution in [-0.2, 0) is 4.79 Å². The first kappa shape index (κ1) is 13.0. The van der Waals surface area contributed by atoms with E-state index in [1.165, 1.54) is 6.42 Å². The Balaban J connectivity index is 1.81. The third-order valence-electron chi connectivity index (χ3n) is 2.82. The largest absolute Gasteiger partial charge is 0.341 e. The molecule has 1 amide bonds. The minimum atomic E-state index is 0.253. The fourth-order valence-electron chi connectivity index (χ4n) is 1.90. The van der Waals surface area contributed by atoms with E-state index in [9.17, 15) is 4.79 Å². The van der Waals surface area contributed by atoms with Crippen LogP contribution in [0.2, 0.25) is 0 Å². The van der Waals surface area contributed by atoms with Gasteiger partial charge in [-0.2, -0.15) is 0 Å². The lowest BCUT2D eigenvalue weighted by molar-refractivity contribution is -0.129. The molecule has 0 spiro atoms. The lowest BCUT2D eigenvalue weighted by atomic mass is 10.1. The molecule has 1 aliphatic rings. The standard InChI is InChI=1S/C13H16BrNOS/c14-11-5-4-8-15(9-11)13(16)10-17-12-6-2-1-3-7-12/h1-3,6-7,11H,4-5,8-10H2. The highest BCUT2D eigenvalue weighted by Gasteiger charge is 2.21. The second-order valence-corrected chi connectivity index (χ2v) is 6.52. The number of alkyl halides is 1. The van der Waals surface area contributed by atoms with E-state index in [1.807, 2.05) is 35.2 Å². The molecule has 1 heterocycles. The Morgan fingerprint density at radius 1 is 1.41 bits per heavy atom. The minimum absolute atomic E-state index is 0.253.